The first-order valence-electron chi connectivity index (χ1n) is 8.73. The van der Waals surface area contributed by atoms with Crippen LogP contribution in [0.25, 0.3) is 12.2 Å². The normalized spacial score (nSPS) is 12.2. The maximum Gasteiger partial charge on any atom is 0.255 e. The molecule has 28 heavy (non-hydrogen) atoms. The van der Waals surface area contributed by atoms with Crippen LogP contribution in [-0.4, -0.2) is 5.91 Å². The number of fused-ring (bicyclic) bond motifs is 1. The Hall–Kier alpha value is -3.88. The maximum atomic E-state index is 12.3. The Morgan fingerprint density at radius 2 is 1.68 bits per heavy atom. The summed E-state index contributed by atoms with van der Waals surface area (Å²) in [6.07, 6.45) is 3.98. The Morgan fingerprint density at radius 3 is 2.43 bits per heavy atom. The van der Waals surface area contributed by atoms with Crippen LogP contribution >= 0.6 is 0 Å². The average Bonchev–Trinajstić information content (AvgIpc) is 3.21. The Bertz CT molecular complexity index is 1080. The van der Waals surface area contributed by atoms with E-state index in [1.54, 1.807) is 24.3 Å². The summed E-state index contributed by atoms with van der Waals surface area (Å²) < 4.78 is 0. The van der Waals surface area contributed by atoms with Gasteiger partial charge in [0.2, 0.25) is 0 Å². The smallest absolute Gasteiger partial charge is 0.255 e. The van der Waals surface area contributed by atoms with Crippen molar-refractivity contribution in [2.45, 2.75) is 6.61 Å². The highest BCUT2D eigenvalue weighted by molar-refractivity contribution is 6.04. The quantitative estimate of drug-likeness (QED) is 0.530. The highest BCUT2D eigenvalue weighted by Gasteiger charge is 2.12. The molecule has 1 amide bonds. The number of nitrogens with one attached hydrogen (secondary N) is 1. The van der Waals surface area contributed by atoms with Crippen molar-refractivity contribution < 1.29 is 14.6 Å². The number of benzene rings is 3. The Balaban J connectivity index is 1.40. The molecule has 1 aliphatic heterocycles. The number of carbonyl (C=O) groups excluding carboxylic acids is 1. The van der Waals surface area contributed by atoms with E-state index in [1.807, 2.05) is 60.7 Å². The minimum atomic E-state index is -0.215. The lowest BCUT2D eigenvalue weighted by Gasteiger charge is -2.06. The Labute approximate surface area is 162 Å². The molecule has 0 unspecified atom stereocenters. The summed E-state index contributed by atoms with van der Waals surface area (Å²) in [7, 11) is 0. The van der Waals surface area contributed by atoms with Gasteiger partial charge in [-0.15, -0.1) is 0 Å². The number of carbonyl (C=O) groups is 1. The molecule has 0 aliphatic carbocycles. The fourth-order valence-corrected chi connectivity index (χ4v) is 2.80. The predicted octanol–water partition coefficient (Wildman–Crippen LogP) is 4.80. The first-order chi connectivity index (χ1) is 13.7. The van der Waals surface area contributed by atoms with Crippen LogP contribution in [0.1, 0.15) is 32.6 Å². The number of anilines is 1. The highest BCUT2D eigenvalue weighted by atomic mass is 17.2. The zero-order chi connectivity index (χ0) is 19.3. The molecule has 0 atom stereocenters. The molecule has 0 aromatic heterocycles. The van der Waals surface area contributed by atoms with Crippen molar-refractivity contribution >= 4 is 23.7 Å². The number of nitrogens with zero attached hydrogens (tertiary/aromatic N) is 1. The molecule has 3 aromatic rings. The number of hydrogen-bond donors (Lipinski definition) is 1. The van der Waals surface area contributed by atoms with Gasteiger partial charge in [-0.3, -0.25) is 4.79 Å². The monoisotopic (exact) mass is 368 g/mol. The van der Waals surface area contributed by atoms with Crippen LogP contribution in [0.5, 0.6) is 5.75 Å². The van der Waals surface area contributed by atoms with Crippen molar-refractivity contribution in [2.24, 2.45) is 0 Å². The SMILES string of the molecule is N#Cc1ccc(C(=O)Nc2ccc(/C=C/c3ccc4c(c3)OOC4)cc2)cc1. The molecule has 136 valence electrons. The molecule has 1 heterocycles. The zero-order valence-corrected chi connectivity index (χ0v) is 14.9. The van der Waals surface area contributed by atoms with Gasteiger partial charge in [-0.05, 0) is 53.6 Å². The lowest BCUT2D eigenvalue weighted by atomic mass is 10.1. The number of rotatable bonds is 4. The summed E-state index contributed by atoms with van der Waals surface area (Å²) in [5.74, 6) is 0.538. The standard InChI is InChI=1S/C23H16N2O3/c24-14-18-4-8-19(9-5-18)23(26)25-21-11-6-16(7-12-21)1-2-17-3-10-20-15-27-28-22(20)13-17/h1-13H,15H2,(H,25,26)/b2-1+. The molecule has 5 heteroatoms. The summed E-state index contributed by atoms with van der Waals surface area (Å²) in [5.41, 5.74) is 4.80. The molecular formula is C23H16N2O3. The van der Waals surface area contributed by atoms with E-state index < -0.39 is 0 Å². The number of hydrogen-bond acceptors (Lipinski definition) is 4. The van der Waals surface area contributed by atoms with E-state index in [0.717, 1.165) is 22.4 Å². The molecule has 0 bridgehead atoms. The molecule has 0 radical (unpaired) electrons. The van der Waals surface area contributed by atoms with E-state index in [9.17, 15) is 4.79 Å². The second-order valence-corrected chi connectivity index (χ2v) is 6.31. The van der Waals surface area contributed by atoms with E-state index in [0.29, 0.717) is 23.4 Å². The van der Waals surface area contributed by atoms with Gasteiger partial charge >= 0.3 is 0 Å². The van der Waals surface area contributed by atoms with Gasteiger partial charge in [0.05, 0.1) is 11.6 Å². The number of nitriles is 1. The third-order valence-corrected chi connectivity index (χ3v) is 4.37. The minimum absolute atomic E-state index is 0.215. The van der Waals surface area contributed by atoms with E-state index in [2.05, 4.69) is 5.32 Å². The third kappa shape index (κ3) is 3.93. The summed E-state index contributed by atoms with van der Waals surface area (Å²) in [6, 6.07) is 22.0. The average molecular weight is 368 g/mol. The van der Waals surface area contributed by atoms with Crippen molar-refractivity contribution in [3.63, 3.8) is 0 Å². The third-order valence-electron chi connectivity index (χ3n) is 4.37. The van der Waals surface area contributed by atoms with Crippen LogP contribution in [0, 0.1) is 11.3 Å². The van der Waals surface area contributed by atoms with Crippen molar-refractivity contribution in [3.8, 4) is 11.8 Å². The fourth-order valence-electron chi connectivity index (χ4n) is 2.80. The lowest BCUT2D eigenvalue weighted by Crippen LogP contribution is -2.11. The molecule has 0 saturated heterocycles. The summed E-state index contributed by atoms with van der Waals surface area (Å²) in [6.45, 7) is 0.481. The molecule has 4 rings (SSSR count). The van der Waals surface area contributed by atoms with E-state index in [4.69, 9.17) is 15.0 Å². The molecule has 1 N–H and O–H groups in total. The predicted molar refractivity (Wildman–Crippen MR) is 106 cm³/mol. The number of amides is 1. The molecule has 0 saturated carbocycles. The van der Waals surface area contributed by atoms with Crippen molar-refractivity contribution in [1.29, 1.82) is 5.26 Å². The van der Waals surface area contributed by atoms with Gasteiger partial charge in [0.15, 0.2) is 5.75 Å². The summed E-state index contributed by atoms with van der Waals surface area (Å²) >= 11 is 0. The summed E-state index contributed by atoms with van der Waals surface area (Å²) in [4.78, 5) is 22.3. The fraction of sp³-hybridized carbons (Fsp3) is 0.0435. The zero-order valence-electron chi connectivity index (χ0n) is 14.9. The minimum Gasteiger partial charge on any atom is -0.337 e. The second kappa shape index (κ2) is 7.78. The van der Waals surface area contributed by atoms with Crippen molar-refractivity contribution in [3.05, 3.63) is 94.5 Å². The van der Waals surface area contributed by atoms with Gasteiger partial charge in [0.1, 0.15) is 6.61 Å². The van der Waals surface area contributed by atoms with Crippen LogP contribution in [0.4, 0.5) is 5.69 Å². The first kappa shape index (κ1) is 17.5. The van der Waals surface area contributed by atoms with Crippen molar-refractivity contribution in [2.75, 3.05) is 5.32 Å². The van der Waals surface area contributed by atoms with Crippen LogP contribution in [0.15, 0.2) is 66.7 Å². The largest absolute Gasteiger partial charge is 0.337 e. The highest BCUT2D eigenvalue weighted by Crippen LogP contribution is 2.27. The lowest BCUT2D eigenvalue weighted by molar-refractivity contribution is -0.194. The van der Waals surface area contributed by atoms with Gasteiger partial charge < -0.3 is 10.2 Å². The first-order valence-corrected chi connectivity index (χ1v) is 8.73. The van der Waals surface area contributed by atoms with E-state index in [-0.39, 0.29) is 5.91 Å². The molecule has 0 spiro atoms. The van der Waals surface area contributed by atoms with Gasteiger partial charge in [-0.25, -0.2) is 0 Å². The van der Waals surface area contributed by atoms with Crippen LogP contribution in [0.3, 0.4) is 0 Å². The topological polar surface area (TPSA) is 71.4 Å². The second-order valence-electron chi connectivity index (χ2n) is 6.31. The van der Waals surface area contributed by atoms with Gasteiger partial charge in [-0.1, -0.05) is 36.4 Å². The van der Waals surface area contributed by atoms with Gasteiger partial charge in [0.25, 0.3) is 5.91 Å². The van der Waals surface area contributed by atoms with E-state index >= 15 is 0 Å². The van der Waals surface area contributed by atoms with Gasteiger partial charge in [-0.2, -0.15) is 10.1 Å². The van der Waals surface area contributed by atoms with E-state index in [1.165, 1.54) is 0 Å². The Morgan fingerprint density at radius 1 is 0.964 bits per heavy atom. The van der Waals surface area contributed by atoms with Gasteiger partial charge in [0, 0.05) is 16.8 Å². The molecule has 3 aromatic carbocycles. The molecule has 0 fully saturated rings. The summed E-state index contributed by atoms with van der Waals surface area (Å²) in [5, 5.41) is 11.7. The Kier molecular flexibility index (Phi) is 4.87. The van der Waals surface area contributed by atoms with Crippen LogP contribution in [0.2, 0.25) is 0 Å². The molecule has 5 nitrogen and oxygen atoms in total. The molecule has 1 aliphatic rings. The molecular weight excluding hydrogens is 352 g/mol. The van der Waals surface area contributed by atoms with Crippen LogP contribution in [-0.2, 0) is 11.5 Å². The van der Waals surface area contributed by atoms with Crippen molar-refractivity contribution in [1.82, 2.24) is 0 Å². The van der Waals surface area contributed by atoms with Crippen LogP contribution < -0.4 is 10.2 Å². The maximum absolute atomic E-state index is 12.3.